The SMILES string of the molecule is CN1CCC2(CCC(CO)CC2)C1. The Balaban J connectivity index is 1.90. The fourth-order valence-corrected chi connectivity index (χ4v) is 3.04. The fraction of sp³-hybridized carbons (Fsp3) is 1.00. The van der Waals surface area contributed by atoms with E-state index in [0.717, 1.165) is 0 Å². The second-order valence-electron chi connectivity index (χ2n) is 5.11. The van der Waals surface area contributed by atoms with E-state index in [9.17, 15) is 0 Å². The molecular weight excluding hydrogens is 162 g/mol. The van der Waals surface area contributed by atoms with Gasteiger partial charge in [-0.25, -0.2) is 0 Å². The van der Waals surface area contributed by atoms with Gasteiger partial charge in [0, 0.05) is 13.2 Å². The standard InChI is InChI=1S/C11H21NO/c1-12-7-6-11(9-12)4-2-10(8-13)3-5-11/h10,13H,2-9H2,1H3. The Kier molecular flexibility index (Phi) is 2.61. The zero-order valence-electron chi connectivity index (χ0n) is 8.63. The molecule has 1 N–H and O–H groups in total. The quantitative estimate of drug-likeness (QED) is 0.666. The maximum atomic E-state index is 9.06. The summed E-state index contributed by atoms with van der Waals surface area (Å²) < 4.78 is 0. The van der Waals surface area contributed by atoms with Gasteiger partial charge in [-0.1, -0.05) is 0 Å². The number of aliphatic hydroxyl groups is 1. The Morgan fingerprint density at radius 2 is 2.00 bits per heavy atom. The average molecular weight is 183 g/mol. The van der Waals surface area contributed by atoms with Crippen LogP contribution in [0.25, 0.3) is 0 Å². The molecule has 1 spiro atoms. The summed E-state index contributed by atoms with van der Waals surface area (Å²) in [5, 5.41) is 9.06. The average Bonchev–Trinajstić information content (AvgIpc) is 2.49. The normalized spacial score (nSPS) is 41.5. The second-order valence-corrected chi connectivity index (χ2v) is 5.11. The molecule has 2 nitrogen and oxygen atoms in total. The van der Waals surface area contributed by atoms with Crippen molar-refractivity contribution in [3.63, 3.8) is 0 Å². The Morgan fingerprint density at radius 1 is 1.31 bits per heavy atom. The first-order valence-corrected chi connectivity index (χ1v) is 5.53. The van der Waals surface area contributed by atoms with Crippen molar-refractivity contribution in [3.05, 3.63) is 0 Å². The lowest BCUT2D eigenvalue weighted by molar-refractivity contribution is 0.113. The topological polar surface area (TPSA) is 23.5 Å². The second kappa shape index (κ2) is 3.58. The minimum Gasteiger partial charge on any atom is -0.396 e. The van der Waals surface area contributed by atoms with Crippen molar-refractivity contribution in [2.75, 3.05) is 26.7 Å². The molecule has 0 bridgehead atoms. The number of rotatable bonds is 1. The monoisotopic (exact) mass is 183 g/mol. The molecule has 2 heteroatoms. The van der Waals surface area contributed by atoms with Crippen LogP contribution in [0.1, 0.15) is 32.1 Å². The molecule has 2 rings (SSSR count). The van der Waals surface area contributed by atoms with Crippen LogP contribution in [0.15, 0.2) is 0 Å². The minimum atomic E-state index is 0.409. The van der Waals surface area contributed by atoms with Crippen molar-refractivity contribution < 1.29 is 5.11 Å². The van der Waals surface area contributed by atoms with E-state index in [1.807, 2.05) is 0 Å². The first kappa shape index (κ1) is 9.47. The van der Waals surface area contributed by atoms with Gasteiger partial charge in [-0.3, -0.25) is 0 Å². The van der Waals surface area contributed by atoms with E-state index in [2.05, 4.69) is 11.9 Å². The molecule has 2 aliphatic rings. The van der Waals surface area contributed by atoms with Crippen molar-refractivity contribution in [1.29, 1.82) is 0 Å². The van der Waals surface area contributed by atoms with Gasteiger partial charge in [0.2, 0.25) is 0 Å². The molecule has 13 heavy (non-hydrogen) atoms. The van der Waals surface area contributed by atoms with Crippen molar-refractivity contribution in [1.82, 2.24) is 4.90 Å². The lowest BCUT2D eigenvalue weighted by Crippen LogP contribution is -2.31. The van der Waals surface area contributed by atoms with Crippen LogP contribution in [0.4, 0.5) is 0 Å². The molecule has 76 valence electrons. The third-order valence-electron chi connectivity index (χ3n) is 4.05. The van der Waals surface area contributed by atoms with E-state index in [-0.39, 0.29) is 0 Å². The molecular formula is C11H21NO. The van der Waals surface area contributed by atoms with Crippen molar-refractivity contribution >= 4 is 0 Å². The molecule has 1 aliphatic carbocycles. The van der Waals surface area contributed by atoms with Crippen molar-refractivity contribution in [2.24, 2.45) is 11.3 Å². The lowest BCUT2D eigenvalue weighted by Gasteiger charge is -2.36. The molecule has 1 aliphatic heterocycles. The van der Waals surface area contributed by atoms with Crippen molar-refractivity contribution in [2.45, 2.75) is 32.1 Å². The zero-order valence-corrected chi connectivity index (χ0v) is 8.63. The highest BCUT2D eigenvalue weighted by Crippen LogP contribution is 2.44. The highest BCUT2D eigenvalue weighted by Gasteiger charge is 2.39. The van der Waals surface area contributed by atoms with E-state index in [4.69, 9.17) is 5.11 Å². The molecule has 1 heterocycles. The fourth-order valence-electron chi connectivity index (χ4n) is 3.04. The number of hydrogen-bond donors (Lipinski definition) is 1. The maximum Gasteiger partial charge on any atom is 0.0459 e. The third kappa shape index (κ3) is 1.89. The molecule has 0 aromatic carbocycles. The molecule has 1 saturated carbocycles. The van der Waals surface area contributed by atoms with Gasteiger partial charge < -0.3 is 10.0 Å². The summed E-state index contributed by atoms with van der Waals surface area (Å²) in [6.45, 7) is 2.99. The summed E-state index contributed by atoms with van der Waals surface area (Å²) in [5.74, 6) is 0.608. The number of nitrogens with zero attached hydrogens (tertiary/aromatic N) is 1. The lowest BCUT2D eigenvalue weighted by atomic mass is 9.70. The Labute approximate surface area is 80.9 Å². The molecule has 1 saturated heterocycles. The van der Waals surface area contributed by atoms with Crippen molar-refractivity contribution in [3.8, 4) is 0 Å². The van der Waals surface area contributed by atoms with Gasteiger partial charge in [-0.05, 0) is 57.0 Å². The summed E-state index contributed by atoms with van der Waals surface area (Å²) in [4.78, 5) is 2.46. The first-order chi connectivity index (χ1) is 6.24. The molecule has 0 atom stereocenters. The van der Waals surface area contributed by atoms with Crippen LogP contribution in [0.5, 0.6) is 0 Å². The van der Waals surface area contributed by atoms with E-state index in [1.54, 1.807) is 0 Å². The van der Waals surface area contributed by atoms with Gasteiger partial charge in [0.25, 0.3) is 0 Å². The molecule has 0 radical (unpaired) electrons. The van der Waals surface area contributed by atoms with Gasteiger partial charge in [0.05, 0.1) is 0 Å². The highest BCUT2D eigenvalue weighted by molar-refractivity contribution is 4.92. The maximum absolute atomic E-state index is 9.06. The summed E-state index contributed by atoms with van der Waals surface area (Å²) in [6.07, 6.45) is 6.60. The number of aliphatic hydroxyl groups excluding tert-OH is 1. The van der Waals surface area contributed by atoms with Gasteiger partial charge in [0.15, 0.2) is 0 Å². The predicted octanol–water partition coefficient (Wildman–Crippen LogP) is 1.49. The van der Waals surface area contributed by atoms with Crippen LogP contribution in [0, 0.1) is 11.3 Å². The summed E-state index contributed by atoms with van der Waals surface area (Å²) in [5.41, 5.74) is 0.639. The molecule has 0 aromatic rings. The van der Waals surface area contributed by atoms with Crippen LogP contribution in [0.3, 0.4) is 0 Å². The van der Waals surface area contributed by atoms with Gasteiger partial charge in [0.1, 0.15) is 0 Å². The summed E-state index contributed by atoms with van der Waals surface area (Å²) >= 11 is 0. The van der Waals surface area contributed by atoms with Crippen LogP contribution in [0.2, 0.25) is 0 Å². The van der Waals surface area contributed by atoms with E-state index in [0.29, 0.717) is 17.9 Å². The van der Waals surface area contributed by atoms with Gasteiger partial charge in [-0.2, -0.15) is 0 Å². The third-order valence-corrected chi connectivity index (χ3v) is 4.05. The zero-order chi connectivity index (χ0) is 9.31. The van der Waals surface area contributed by atoms with Crippen LogP contribution >= 0.6 is 0 Å². The summed E-state index contributed by atoms with van der Waals surface area (Å²) in [7, 11) is 2.23. The van der Waals surface area contributed by atoms with Crippen LogP contribution < -0.4 is 0 Å². The van der Waals surface area contributed by atoms with Gasteiger partial charge >= 0.3 is 0 Å². The molecule has 0 amide bonds. The van der Waals surface area contributed by atoms with Gasteiger partial charge in [-0.15, -0.1) is 0 Å². The van der Waals surface area contributed by atoms with E-state index >= 15 is 0 Å². The van der Waals surface area contributed by atoms with E-state index in [1.165, 1.54) is 45.2 Å². The summed E-state index contributed by atoms with van der Waals surface area (Å²) in [6, 6.07) is 0. The molecule has 0 aromatic heterocycles. The molecule has 0 unspecified atom stereocenters. The Morgan fingerprint density at radius 3 is 2.46 bits per heavy atom. The van der Waals surface area contributed by atoms with E-state index < -0.39 is 0 Å². The number of hydrogen-bond acceptors (Lipinski definition) is 2. The largest absolute Gasteiger partial charge is 0.396 e. The highest BCUT2D eigenvalue weighted by atomic mass is 16.3. The smallest absolute Gasteiger partial charge is 0.0459 e. The number of likely N-dealkylation sites (tertiary alicyclic amines) is 1. The van der Waals surface area contributed by atoms with Crippen LogP contribution in [-0.2, 0) is 0 Å². The molecule has 2 fully saturated rings. The minimum absolute atomic E-state index is 0.409. The Hall–Kier alpha value is -0.0800. The first-order valence-electron chi connectivity index (χ1n) is 5.53. The Bertz CT molecular complexity index is 173. The predicted molar refractivity (Wildman–Crippen MR) is 53.6 cm³/mol. The van der Waals surface area contributed by atoms with Crippen LogP contribution in [-0.4, -0.2) is 36.8 Å².